The summed E-state index contributed by atoms with van der Waals surface area (Å²) >= 11 is 0. The number of likely N-dealkylation sites (tertiary alicyclic amines) is 1. The molecule has 0 bridgehead atoms. The summed E-state index contributed by atoms with van der Waals surface area (Å²) in [4.78, 5) is 37.0. The number of oxime groups is 1. The van der Waals surface area contributed by atoms with E-state index in [0.717, 1.165) is 16.8 Å². The topological polar surface area (TPSA) is 110 Å². The van der Waals surface area contributed by atoms with Crippen LogP contribution in [0.4, 0.5) is 5.69 Å². The lowest BCUT2D eigenvalue weighted by Gasteiger charge is -2.35. The van der Waals surface area contributed by atoms with Gasteiger partial charge in [-0.2, -0.15) is 0 Å². The van der Waals surface area contributed by atoms with E-state index in [9.17, 15) is 9.59 Å². The number of primary amides is 1. The second-order valence-corrected chi connectivity index (χ2v) is 8.17. The summed E-state index contributed by atoms with van der Waals surface area (Å²) < 4.78 is 0. The van der Waals surface area contributed by atoms with Gasteiger partial charge in [0, 0.05) is 36.6 Å². The first kappa shape index (κ1) is 23.0. The van der Waals surface area contributed by atoms with Gasteiger partial charge in [-0.3, -0.25) is 14.6 Å². The Morgan fingerprint density at radius 1 is 1.09 bits per heavy atom. The molecule has 0 spiro atoms. The fourth-order valence-electron chi connectivity index (χ4n) is 4.31. The van der Waals surface area contributed by atoms with E-state index in [4.69, 9.17) is 10.6 Å². The standard InChI is InChI=1S/C26H27N5O3/c1-34-30-23-16-26(25(27)33,13-15-29-22-7-3-2-4-8-22)31(18-23)24(32)20-11-9-19(10-12-20)21-6-5-14-28-17-21/h2-12,14,17,29H,13,15-16,18H2,1H3,(H2,27,33). The smallest absolute Gasteiger partial charge is 0.255 e. The second kappa shape index (κ2) is 10.2. The van der Waals surface area contributed by atoms with Gasteiger partial charge in [-0.05, 0) is 47.9 Å². The van der Waals surface area contributed by atoms with Gasteiger partial charge in [-0.15, -0.1) is 0 Å². The van der Waals surface area contributed by atoms with Gasteiger partial charge < -0.3 is 20.8 Å². The van der Waals surface area contributed by atoms with E-state index in [1.54, 1.807) is 24.5 Å². The van der Waals surface area contributed by atoms with Gasteiger partial charge in [0.05, 0.1) is 12.3 Å². The molecule has 1 aliphatic heterocycles. The maximum Gasteiger partial charge on any atom is 0.255 e. The van der Waals surface area contributed by atoms with Gasteiger partial charge in [0.15, 0.2) is 0 Å². The van der Waals surface area contributed by atoms with Crippen molar-refractivity contribution in [3.8, 4) is 11.1 Å². The van der Waals surface area contributed by atoms with Crippen LogP contribution in [0, 0.1) is 0 Å². The van der Waals surface area contributed by atoms with Crippen molar-refractivity contribution in [1.29, 1.82) is 0 Å². The molecular formula is C26H27N5O3. The first-order chi connectivity index (χ1) is 16.5. The summed E-state index contributed by atoms with van der Waals surface area (Å²) in [7, 11) is 1.44. The molecule has 2 heterocycles. The summed E-state index contributed by atoms with van der Waals surface area (Å²) in [6.07, 6.45) is 4.04. The molecule has 1 aliphatic rings. The van der Waals surface area contributed by atoms with Crippen LogP contribution in [0.15, 0.2) is 84.3 Å². The van der Waals surface area contributed by atoms with E-state index >= 15 is 0 Å². The highest BCUT2D eigenvalue weighted by Gasteiger charge is 2.51. The highest BCUT2D eigenvalue weighted by atomic mass is 16.6. The van der Waals surface area contributed by atoms with E-state index in [2.05, 4.69) is 15.5 Å². The molecule has 2 amide bonds. The SMILES string of the molecule is CON=C1CN(C(=O)c2ccc(-c3cccnc3)cc2)C(CCNc2ccccc2)(C(N)=O)C1. The number of hydrogen-bond acceptors (Lipinski definition) is 6. The van der Waals surface area contributed by atoms with E-state index < -0.39 is 11.4 Å². The third-order valence-corrected chi connectivity index (χ3v) is 6.05. The van der Waals surface area contributed by atoms with Gasteiger partial charge in [0.1, 0.15) is 12.6 Å². The minimum absolute atomic E-state index is 0.172. The van der Waals surface area contributed by atoms with Crippen LogP contribution in [0.1, 0.15) is 23.2 Å². The van der Waals surface area contributed by atoms with E-state index in [-0.39, 0.29) is 18.9 Å². The fraction of sp³-hybridized carbons (Fsp3) is 0.231. The van der Waals surface area contributed by atoms with E-state index in [0.29, 0.717) is 24.2 Å². The first-order valence-corrected chi connectivity index (χ1v) is 11.0. The molecule has 1 aromatic heterocycles. The van der Waals surface area contributed by atoms with Crippen molar-refractivity contribution in [2.75, 3.05) is 25.5 Å². The number of hydrogen-bond donors (Lipinski definition) is 2. The largest absolute Gasteiger partial charge is 0.399 e. The second-order valence-electron chi connectivity index (χ2n) is 8.17. The molecule has 1 atom stereocenters. The number of rotatable bonds is 8. The predicted molar refractivity (Wildman–Crippen MR) is 131 cm³/mol. The van der Waals surface area contributed by atoms with Crippen LogP contribution in [0.25, 0.3) is 11.1 Å². The lowest BCUT2D eigenvalue weighted by atomic mass is 9.89. The number of para-hydroxylation sites is 1. The third kappa shape index (κ3) is 4.76. The molecule has 1 saturated heterocycles. The summed E-state index contributed by atoms with van der Waals surface area (Å²) in [5, 5.41) is 7.34. The molecule has 174 valence electrons. The quantitative estimate of drug-likeness (QED) is 0.504. The molecule has 34 heavy (non-hydrogen) atoms. The maximum atomic E-state index is 13.6. The maximum absolute atomic E-state index is 13.6. The van der Waals surface area contributed by atoms with Crippen LogP contribution in [0.3, 0.4) is 0 Å². The number of nitrogens with one attached hydrogen (secondary N) is 1. The predicted octanol–water partition coefficient (Wildman–Crippen LogP) is 3.32. The Kier molecular flexibility index (Phi) is 6.87. The van der Waals surface area contributed by atoms with Crippen LogP contribution < -0.4 is 11.1 Å². The lowest BCUT2D eigenvalue weighted by molar-refractivity contribution is -0.127. The molecule has 8 heteroatoms. The minimum Gasteiger partial charge on any atom is -0.399 e. The number of pyridine rings is 1. The molecule has 3 aromatic rings. The summed E-state index contributed by atoms with van der Waals surface area (Å²) in [6.45, 7) is 0.627. The molecule has 0 radical (unpaired) electrons. The van der Waals surface area contributed by atoms with Crippen LogP contribution in [-0.2, 0) is 9.63 Å². The lowest BCUT2D eigenvalue weighted by Crippen LogP contribution is -2.56. The zero-order valence-corrected chi connectivity index (χ0v) is 19.0. The highest BCUT2D eigenvalue weighted by molar-refractivity contribution is 6.07. The van der Waals surface area contributed by atoms with Crippen molar-refractivity contribution in [2.45, 2.75) is 18.4 Å². The summed E-state index contributed by atoms with van der Waals surface area (Å²) in [5.74, 6) is -0.846. The average Bonchev–Trinajstić information content (AvgIpc) is 3.24. The number of benzene rings is 2. The van der Waals surface area contributed by atoms with Crippen molar-refractivity contribution < 1.29 is 14.4 Å². The van der Waals surface area contributed by atoms with Gasteiger partial charge in [0.25, 0.3) is 5.91 Å². The Morgan fingerprint density at radius 3 is 2.50 bits per heavy atom. The van der Waals surface area contributed by atoms with E-state index in [1.807, 2.05) is 54.6 Å². The Hall–Kier alpha value is -4.20. The van der Waals surface area contributed by atoms with Crippen LogP contribution in [-0.4, -0.2) is 53.1 Å². The molecule has 8 nitrogen and oxygen atoms in total. The number of amides is 2. The van der Waals surface area contributed by atoms with Gasteiger partial charge in [-0.25, -0.2) is 0 Å². The molecule has 0 aliphatic carbocycles. The fourth-order valence-corrected chi connectivity index (χ4v) is 4.31. The van der Waals surface area contributed by atoms with Crippen LogP contribution in [0.5, 0.6) is 0 Å². The molecule has 4 rings (SSSR count). The molecule has 2 aromatic carbocycles. The number of nitrogens with two attached hydrogens (primary N) is 1. The number of aromatic nitrogens is 1. The van der Waals surface area contributed by atoms with Crippen molar-refractivity contribution in [3.63, 3.8) is 0 Å². The van der Waals surface area contributed by atoms with Crippen molar-refractivity contribution in [2.24, 2.45) is 10.9 Å². The van der Waals surface area contributed by atoms with Gasteiger partial charge in [-0.1, -0.05) is 41.6 Å². The molecule has 1 unspecified atom stereocenters. The van der Waals surface area contributed by atoms with Crippen LogP contribution in [0.2, 0.25) is 0 Å². The van der Waals surface area contributed by atoms with Crippen molar-refractivity contribution in [1.82, 2.24) is 9.88 Å². The summed E-state index contributed by atoms with van der Waals surface area (Å²) in [6, 6.07) is 20.7. The normalized spacial score (nSPS) is 18.6. The summed E-state index contributed by atoms with van der Waals surface area (Å²) in [5.41, 5.74) is 8.59. The monoisotopic (exact) mass is 457 g/mol. The highest BCUT2D eigenvalue weighted by Crippen LogP contribution is 2.33. The molecule has 1 fully saturated rings. The Morgan fingerprint density at radius 2 is 1.85 bits per heavy atom. The number of carbonyl (C=O) groups excluding carboxylic acids is 2. The molecule has 3 N–H and O–H groups in total. The molecule has 0 saturated carbocycles. The van der Waals surface area contributed by atoms with Crippen molar-refractivity contribution >= 4 is 23.2 Å². The first-order valence-electron chi connectivity index (χ1n) is 11.0. The van der Waals surface area contributed by atoms with Crippen LogP contribution >= 0.6 is 0 Å². The van der Waals surface area contributed by atoms with Gasteiger partial charge >= 0.3 is 0 Å². The Balaban J connectivity index is 1.59. The number of carbonyl (C=O) groups is 2. The zero-order valence-electron chi connectivity index (χ0n) is 19.0. The zero-order chi connectivity index (χ0) is 24.0. The van der Waals surface area contributed by atoms with Crippen molar-refractivity contribution in [3.05, 3.63) is 84.7 Å². The Bertz CT molecular complexity index is 1170. The third-order valence-electron chi connectivity index (χ3n) is 6.05. The Labute approximate surface area is 198 Å². The van der Waals surface area contributed by atoms with Gasteiger partial charge in [0.2, 0.25) is 5.91 Å². The number of nitrogens with zero attached hydrogens (tertiary/aromatic N) is 3. The minimum atomic E-state index is -1.21. The number of anilines is 1. The van der Waals surface area contributed by atoms with E-state index in [1.165, 1.54) is 12.0 Å². The molecular weight excluding hydrogens is 430 g/mol. The average molecular weight is 458 g/mol.